The van der Waals surface area contributed by atoms with E-state index in [1.54, 1.807) is 0 Å². The van der Waals surface area contributed by atoms with E-state index >= 15 is 0 Å². The number of benzene rings is 2. The molecule has 0 spiro atoms. The van der Waals surface area contributed by atoms with Crippen LogP contribution < -0.4 is 5.32 Å². The highest BCUT2D eigenvalue weighted by Crippen LogP contribution is 2.37. The molecule has 0 atom stereocenters. The van der Waals surface area contributed by atoms with E-state index in [2.05, 4.69) is 17.4 Å². The van der Waals surface area contributed by atoms with E-state index in [1.807, 2.05) is 30.3 Å². The van der Waals surface area contributed by atoms with Crippen LogP contribution in [0.3, 0.4) is 0 Å². The van der Waals surface area contributed by atoms with E-state index < -0.39 is 0 Å². The smallest absolute Gasteiger partial charge is 0.321 e. The third kappa shape index (κ3) is 3.42. The zero-order valence-electron chi connectivity index (χ0n) is 13.5. The number of anilines is 1. The van der Waals surface area contributed by atoms with Gasteiger partial charge in [0.2, 0.25) is 0 Å². The fraction of sp³-hybridized carbons (Fsp3) is 0.316. The lowest BCUT2D eigenvalue weighted by Gasteiger charge is -2.22. The molecule has 0 aromatic heterocycles. The number of hydrogen-bond acceptors (Lipinski definition) is 3. The Hall–Kier alpha value is -2.37. The van der Waals surface area contributed by atoms with E-state index in [0.717, 1.165) is 12.1 Å². The van der Waals surface area contributed by atoms with Crippen molar-refractivity contribution in [3.8, 4) is 11.1 Å². The van der Waals surface area contributed by atoms with E-state index in [9.17, 15) is 4.79 Å². The number of aliphatic hydroxyl groups excluding tert-OH is 2. The summed E-state index contributed by atoms with van der Waals surface area (Å²) in [6.07, 6.45) is 1.37. The molecule has 24 heavy (non-hydrogen) atoms. The molecular weight excluding hydrogens is 304 g/mol. The van der Waals surface area contributed by atoms with E-state index in [4.69, 9.17) is 10.2 Å². The minimum atomic E-state index is -0.257. The number of carbonyl (C=O) groups excluding carboxylic acids is 1. The van der Waals surface area contributed by atoms with Crippen LogP contribution in [0.2, 0.25) is 0 Å². The van der Waals surface area contributed by atoms with Crippen molar-refractivity contribution in [2.75, 3.05) is 31.6 Å². The number of hydrogen-bond donors (Lipinski definition) is 3. The van der Waals surface area contributed by atoms with Crippen LogP contribution in [-0.2, 0) is 6.42 Å². The molecule has 2 aromatic rings. The molecule has 2 amide bonds. The molecule has 5 heteroatoms. The highest BCUT2D eigenvalue weighted by atomic mass is 16.3. The highest BCUT2D eigenvalue weighted by molar-refractivity contribution is 5.90. The van der Waals surface area contributed by atoms with Crippen LogP contribution >= 0.6 is 0 Å². The van der Waals surface area contributed by atoms with Gasteiger partial charge in [-0.2, -0.15) is 0 Å². The molecule has 2 aromatic carbocycles. The number of nitrogens with zero attached hydrogens (tertiary/aromatic N) is 1. The van der Waals surface area contributed by atoms with Gasteiger partial charge in [-0.15, -0.1) is 0 Å². The van der Waals surface area contributed by atoms with E-state index in [-0.39, 0.29) is 25.8 Å². The third-order valence-electron chi connectivity index (χ3n) is 4.29. The van der Waals surface area contributed by atoms with Gasteiger partial charge in [-0.05, 0) is 47.2 Å². The Morgan fingerprint density at radius 3 is 2.58 bits per heavy atom. The van der Waals surface area contributed by atoms with Gasteiger partial charge in [0.25, 0.3) is 0 Å². The normalized spacial score (nSPS) is 11.8. The van der Waals surface area contributed by atoms with Gasteiger partial charge < -0.3 is 20.4 Å². The SMILES string of the molecule is O=C(Nc1ccc2c(c1)Cc1ccccc1-2)N(CCO)CCCO. The van der Waals surface area contributed by atoms with Crippen LogP contribution in [0.5, 0.6) is 0 Å². The highest BCUT2D eigenvalue weighted by Gasteiger charge is 2.19. The quantitative estimate of drug-likeness (QED) is 0.651. The van der Waals surface area contributed by atoms with Gasteiger partial charge in [-0.25, -0.2) is 4.79 Å². The maximum absolute atomic E-state index is 12.3. The monoisotopic (exact) mass is 326 g/mol. The maximum Gasteiger partial charge on any atom is 0.321 e. The van der Waals surface area contributed by atoms with E-state index in [0.29, 0.717) is 13.0 Å². The standard InChI is InChI=1S/C19H22N2O3/c22-10-3-8-21(9-11-23)19(24)20-16-6-7-18-15(13-16)12-14-4-1-2-5-17(14)18/h1-2,4-7,13,22-23H,3,8-12H2,(H,20,24). The van der Waals surface area contributed by atoms with Crippen LogP contribution in [0.25, 0.3) is 11.1 Å². The lowest BCUT2D eigenvalue weighted by atomic mass is 10.1. The molecule has 3 rings (SSSR count). The van der Waals surface area contributed by atoms with Gasteiger partial charge in [-0.3, -0.25) is 0 Å². The van der Waals surface area contributed by atoms with Crippen molar-refractivity contribution in [1.82, 2.24) is 4.90 Å². The second-order valence-corrected chi connectivity index (χ2v) is 5.92. The van der Waals surface area contributed by atoms with Crippen molar-refractivity contribution >= 4 is 11.7 Å². The fourth-order valence-corrected chi connectivity index (χ4v) is 3.12. The molecule has 1 aliphatic rings. The number of aliphatic hydroxyl groups is 2. The second kappa shape index (κ2) is 7.47. The Kier molecular flexibility index (Phi) is 5.13. The Morgan fingerprint density at radius 1 is 1.00 bits per heavy atom. The van der Waals surface area contributed by atoms with Gasteiger partial charge in [-0.1, -0.05) is 30.3 Å². The number of rotatable bonds is 6. The summed E-state index contributed by atoms with van der Waals surface area (Å²) in [4.78, 5) is 13.9. The molecule has 126 valence electrons. The molecule has 0 bridgehead atoms. The molecule has 0 aliphatic heterocycles. The van der Waals surface area contributed by atoms with Crippen molar-refractivity contribution < 1.29 is 15.0 Å². The summed E-state index contributed by atoms with van der Waals surface area (Å²) in [6.45, 7) is 0.589. The van der Waals surface area contributed by atoms with Crippen molar-refractivity contribution in [2.24, 2.45) is 0 Å². The van der Waals surface area contributed by atoms with Crippen LogP contribution in [0.4, 0.5) is 10.5 Å². The average molecular weight is 326 g/mol. The Balaban J connectivity index is 1.72. The Bertz CT molecular complexity index is 730. The minimum absolute atomic E-state index is 0.0202. The summed E-state index contributed by atoms with van der Waals surface area (Å²) >= 11 is 0. The number of urea groups is 1. The average Bonchev–Trinajstić information content (AvgIpc) is 2.96. The number of fused-ring (bicyclic) bond motifs is 3. The Labute approximate surface area is 141 Å². The number of nitrogens with one attached hydrogen (secondary N) is 1. The van der Waals surface area contributed by atoms with Crippen molar-refractivity contribution in [2.45, 2.75) is 12.8 Å². The summed E-state index contributed by atoms with van der Waals surface area (Å²) in [5.41, 5.74) is 5.74. The van der Waals surface area contributed by atoms with Gasteiger partial charge in [0, 0.05) is 25.4 Å². The second-order valence-electron chi connectivity index (χ2n) is 5.92. The molecule has 0 radical (unpaired) electrons. The molecule has 0 unspecified atom stereocenters. The third-order valence-corrected chi connectivity index (χ3v) is 4.29. The van der Waals surface area contributed by atoms with Gasteiger partial charge in [0.1, 0.15) is 0 Å². The summed E-state index contributed by atoms with van der Waals surface area (Å²) in [7, 11) is 0. The molecule has 0 heterocycles. The first-order valence-electron chi connectivity index (χ1n) is 8.22. The first-order valence-corrected chi connectivity index (χ1v) is 8.22. The number of carbonyl (C=O) groups is 1. The predicted octanol–water partition coefficient (Wildman–Crippen LogP) is 2.47. The lowest BCUT2D eigenvalue weighted by molar-refractivity contribution is 0.180. The summed E-state index contributed by atoms with van der Waals surface area (Å²) < 4.78 is 0. The van der Waals surface area contributed by atoms with Gasteiger partial charge in [0.05, 0.1) is 6.61 Å². The zero-order valence-corrected chi connectivity index (χ0v) is 13.5. The molecule has 0 saturated carbocycles. The van der Waals surface area contributed by atoms with Gasteiger partial charge in [0.15, 0.2) is 0 Å². The summed E-state index contributed by atoms with van der Waals surface area (Å²) in [5.74, 6) is 0. The first kappa shape index (κ1) is 16.5. The van der Waals surface area contributed by atoms with Crippen molar-refractivity contribution in [3.05, 3.63) is 53.6 Å². The lowest BCUT2D eigenvalue weighted by Crippen LogP contribution is -2.38. The van der Waals surface area contributed by atoms with Crippen molar-refractivity contribution in [3.63, 3.8) is 0 Å². The van der Waals surface area contributed by atoms with Gasteiger partial charge >= 0.3 is 6.03 Å². The van der Waals surface area contributed by atoms with E-state index in [1.165, 1.54) is 27.2 Å². The topological polar surface area (TPSA) is 72.8 Å². The minimum Gasteiger partial charge on any atom is -0.396 e. The van der Waals surface area contributed by atoms with Crippen LogP contribution in [0.1, 0.15) is 17.5 Å². The van der Waals surface area contributed by atoms with Crippen LogP contribution in [0.15, 0.2) is 42.5 Å². The molecule has 1 aliphatic carbocycles. The molecule has 0 saturated heterocycles. The molecule has 0 fully saturated rings. The molecule has 5 nitrogen and oxygen atoms in total. The summed E-state index contributed by atoms with van der Waals surface area (Å²) in [5, 5.41) is 20.9. The van der Waals surface area contributed by atoms with Crippen LogP contribution in [-0.4, -0.2) is 47.4 Å². The van der Waals surface area contributed by atoms with Crippen molar-refractivity contribution in [1.29, 1.82) is 0 Å². The Morgan fingerprint density at radius 2 is 1.79 bits per heavy atom. The summed E-state index contributed by atoms with van der Waals surface area (Å²) in [6, 6.07) is 14.0. The maximum atomic E-state index is 12.3. The zero-order chi connectivity index (χ0) is 16.9. The predicted molar refractivity (Wildman–Crippen MR) is 94.1 cm³/mol. The first-order chi connectivity index (χ1) is 11.7. The molecule has 3 N–H and O–H groups in total. The fourth-order valence-electron chi connectivity index (χ4n) is 3.12. The largest absolute Gasteiger partial charge is 0.396 e. The van der Waals surface area contributed by atoms with Crippen LogP contribution in [0, 0.1) is 0 Å². The number of amides is 2. The molecular formula is C19H22N2O3.